The zero-order valence-corrected chi connectivity index (χ0v) is 8.30. The molecule has 2 nitrogen and oxygen atoms in total. The summed E-state index contributed by atoms with van der Waals surface area (Å²) in [6, 6.07) is 0. The Morgan fingerprint density at radius 2 is 2.45 bits per heavy atom. The number of rotatable bonds is 3. The maximum Gasteiger partial charge on any atom is 0.180 e. The minimum absolute atomic E-state index is 0.744. The Hall–Kier alpha value is -0.220. The van der Waals surface area contributed by atoms with E-state index in [0.717, 1.165) is 17.2 Å². The quantitative estimate of drug-likeness (QED) is 0.726. The fourth-order valence-corrected chi connectivity index (χ4v) is 2.52. The van der Waals surface area contributed by atoms with Crippen LogP contribution in [0.2, 0.25) is 0 Å². The van der Waals surface area contributed by atoms with E-state index in [1.807, 2.05) is 6.20 Å². The van der Waals surface area contributed by atoms with Crippen LogP contribution >= 0.6 is 11.3 Å². The highest BCUT2D eigenvalue weighted by Crippen LogP contribution is 2.16. The summed E-state index contributed by atoms with van der Waals surface area (Å²) in [6.45, 7) is 2.13. The van der Waals surface area contributed by atoms with E-state index in [1.54, 1.807) is 17.6 Å². The van der Waals surface area contributed by atoms with E-state index in [0.29, 0.717) is 0 Å². The predicted octanol–water partition coefficient (Wildman–Crippen LogP) is 1.83. The minimum Gasteiger partial charge on any atom is -0.252 e. The molecule has 1 atom stereocenters. The van der Waals surface area contributed by atoms with E-state index >= 15 is 0 Å². The molecule has 0 aliphatic rings. The maximum atomic E-state index is 10.9. The molecule has 0 saturated heterocycles. The molecular formula is C7H11NOS2. The third kappa shape index (κ3) is 2.38. The molecule has 4 heteroatoms. The monoisotopic (exact) mass is 189 g/mol. The van der Waals surface area contributed by atoms with E-state index in [1.165, 1.54) is 4.88 Å². The van der Waals surface area contributed by atoms with Gasteiger partial charge in [-0.25, -0.2) is 4.98 Å². The molecule has 62 valence electrons. The molecule has 0 fully saturated rings. The molecule has 1 aromatic rings. The molecule has 1 heterocycles. The zero-order valence-electron chi connectivity index (χ0n) is 6.66. The highest BCUT2D eigenvalue weighted by molar-refractivity contribution is 7.86. The van der Waals surface area contributed by atoms with Crippen LogP contribution in [0.25, 0.3) is 0 Å². The van der Waals surface area contributed by atoms with Gasteiger partial charge in [0.25, 0.3) is 0 Å². The average molecular weight is 189 g/mol. The van der Waals surface area contributed by atoms with Gasteiger partial charge in [0.1, 0.15) is 0 Å². The summed E-state index contributed by atoms with van der Waals surface area (Å²) >= 11 is 1.55. The Morgan fingerprint density at radius 3 is 2.91 bits per heavy atom. The van der Waals surface area contributed by atoms with Gasteiger partial charge in [0.15, 0.2) is 4.34 Å². The van der Waals surface area contributed by atoms with Crippen LogP contribution in [0, 0.1) is 0 Å². The Kier molecular flexibility index (Phi) is 3.20. The summed E-state index contributed by atoms with van der Waals surface area (Å²) in [5.74, 6) is 0. The van der Waals surface area contributed by atoms with Gasteiger partial charge in [-0.15, -0.1) is 11.3 Å². The van der Waals surface area contributed by atoms with Crippen molar-refractivity contribution in [2.45, 2.75) is 24.1 Å². The first-order valence-corrected chi connectivity index (χ1v) is 5.89. The van der Waals surface area contributed by atoms with Gasteiger partial charge < -0.3 is 0 Å². The van der Waals surface area contributed by atoms with Crippen molar-refractivity contribution in [2.24, 2.45) is 0 Å². The second-order valence-electron chi connectivity index (χ2n) is 2.30. The summed E-state index contributed by atoms with van der Waals surface area (Å²) in [7, 11) is -0.904. The van der Waals surface area contributed by atoms with Crippen LogP contribution in [-0.2, 0) is 17.2 Å². The first kappa shape index (κ1) is 8.87. The van der Waals surface area contributed by atoms with Crippen molar-refractivity contribution in [3.8, 4) is 0 Å². The summed E-state index contributed by atoms with van der Waals surface area (Å²) in [5, 5.41) is 0. The lowest BCUT2D eigenvalue weighted by Gasteiger charge is -1.86. The topological polar surface area (TPSA) is 30.0 Å². The SMILES string of the molecule is CCCc1cnc(S(C)=O)s1. The Bertz CT molecular complexity index is 257. The van der Waals surface area contributed by atoms with Crippen molar-refractivity contribution in [1.82, 2.24) is 4.98 Å². The van der Waals surface area contributed by atoms with E-state index in [-0.39, 0.29) is 0 Å². The van der Waals surface area contributed by atoms with Crippen LogP contribution in [0.5, 0.6) is 0 Å². The zero-order chi connectivity index (χ0) is 8.27. The van der Waals surface area contributed by atoms with E-state index in [2.05, 4.69) is 11.9 Å². The smallest absolute Gasteiger partial charge is 0.180 e. The van der Waals surface area contributed by atoms with Gasteiger partial charge in [-0.1, -0.05) is 13.3 Å². The Labute approximate surface area is 73.1 Å². The third-order valence-corrected chi connectivity index (χ3v) is 3.68. The van der Waals surface area contributed by atoms with Crippen molar-refractivity contribution in [3.05, 3.63) is 11.1 Å². The van der Waals surface area contributed by atoms with E-state index in [9.17, 15) is 4.21 Å². The molecule has 0 radical (unpaired) electrons. The van der Waals surface area contributed by atoms with Gasteiger partial charge in [-0.3, -0.25) is 4.21 Å². The molecule has 0 aliphatic carbocycles. The Morgan fingerprint density at radius 1 is 1.73 bits per heavy atom. The van der Waals surface area contributed by atoms with Gasteiger partial charge in [0, 0.05) is 17.3 Å². The maximum absolute atomic E-state index is 10.9. The summed E-state index contributed by atoms with van der Waals surface area (Å²) in [5.41, 5.74) is 0. The molecule has 0 spiro atoms. The number of aryl methyl sites for hydroxylation is 1. The molecule has 0 aliphatic heterocycles. The summed E-state index contributed by atoms with van der Waals surface area (Å²) in [4.78, 5) is 5.29. The lowest BCUT2D eigenvalue weighted by atomic mass is 10.3. The van der Waals surface area contributed by atoms with Crippen LogP contribution in [0.1, 0.15) is 18.2 Å². The Balaban J connectivity index is 2.73. The molecule has 0 amide bonds. The molecule has 0 bridgehead atoms. The van der Waals surface area contributed by atoms with Gasteiger partial charge in [0.05, 0.1) is 10.8 Å². The average Bonchev–Trinajstić information content (AvgIpc) is 2.37. The highest BCUT2D eigenvalue weighted by Gasteiger charge is 2.03. The minimum atomic E-state index is -0.904. The van der Waals surface area contributed by atoms with Crippen LogP contribution in [0.3, 0.4) is 0 Å². The number of hydrogen-bond acceptors (Lipinski definition) is 3. The van der Waals surface area contributed by atoms with E-state index in [4.69, 9.17) is 0 Å². The first-order chi connectivity index (χ1) is 5.24. The number of nitrogens with zero attached hydrogens (tertiary/aromatic N) is 1. The van der Waals surface area contributed by atoms with Crippen LogP contribution < -0.4 is 0 Å². The lowest BCUT2D eigenvalue weighted by molar-refractivity contribution is 0.686. The molecule has 11 heavy (non-hydrogen) atoms. The summed E-state index contributed by atoms with van der Waals surface area (Å²) in [6.07, 6.45) is 5.66. The first-order valence-electron chi connectivity index (χ1n) is 3.52. The number of thiazole rings is 1. The van der Waals surface area contributed by atoms with Gasteiger partial charge in [0.2, 0.25) is 0 Å². The normalized spacial score (nSPS) is 13.3. The molecule has 0 saturated carbocycles. The van der Waals surface area contributed by atoms with Gasteiger partial charge in [-0.2, -0.15) is 0 Å². The second kappa shape index (κ2) is 3.97. The van der Waals surface area contributed by atoms with Crippen molar-refractivity contribution in [3.63, 3.8) is 0 Å². The summed E-state index contributed by atoms with van der Waals surface area (Å²) < 4.78 is 11.7. The molecule has 0 N–H and O–H groups in total. The van der Waals surface area contributed by atoms with E-state index < -0.39 is 10.8 Å². The molecule has 1 rings (SSSR count). The third-order valence-electron chi connectivity index (χ3n) is 1.27. The molecule has 1 aromatic heterocycles. The van der Waals surface area contributed by atoms with Crippen molar-refractivity contribution < 1.29 is 4.21 Å². The fourth-order valence-electron chi connectivity index (χ4n) is 0.784. The molecule has 0 aromatic carbocycles. The highest BCUT2D eigenvalue weighted by atomic mass is 32.2. The van der Waals surface area contributed by atoms with Gasteiger partial charge in [-0.05, 0) is 6.42 Å². The largest absolute Gasteiger partial charge is 0.252 e. The lowest BCUT2D eigenvalue weighted by Crippen LogP contribution is -1.82. The van der Waals surface area contributed by atoms with Crippen molar-refractivity contribution in [2.75, 3.05) is 6.26 Å². The van der Waals surface area contributed by atoms with Crippen LogP contribution in [0.4, 0.5) is 0 Å². The van der Waals surface area contributed by atoms with Crippen LogP contribution in [0.15, 0.2) is 10.5 Å². The molecule has 1 unspecified atom stereocenters. The fraction of sp³-hybridized carbons (Fsp3) is 0.571. The number of aromatic nitrogens is 1. The van der Waals surface area contributed by atoms with Crippen molar-refractivity contribution in [1.29, 1.82) is 0 Å². The predicted molar refractivity (Wildman–Crippen MR) is 48.4 cm³/mol. The van der Waals surface area contributed by atoms with Gasteiger partial charge >= 0.3 is 0 Å². The standard InChI is InChI=1S/C7H11NOS2/c1-3-4-6-5-8-7(10-6)11(2)9/h5H,3-4H2,1-2H3. The molecular weight excluding hydrogens is 178 g/mol. The van der Waals surface area contributed by atoms with Crippen LogP contribution in [-0.4, -0.2) is 15.4 Å². The number of hydrogen-bond donors (Lipinski definition) is 0. The van der Waals surface area contributed by atoms with Crippen molar-refractivity contribution >= 4 is 22.1 Å². The second-order valence-corrected chi connectivity index (χ2v) is 4.97.